The van der Waals surface area contributed by atoms with Crippen LogP contribution in [-0.2, 0) is 0 Å². The van der Waals surface area contributed by atoms with E-state index in [0.717, 1.165) is 0 Å². The van der Waals surface area contributed by atoms with E-state index in [9.17, 15) is 4.79 Å². The van der Waals surface area contributed by atoms with Gasteiger partial charge in [0.05, 0.1) is 0 Å². The number of carbonyl (C=O) groups excluding carboxylic acids is 1. The molecule has 3 heteroatoms. The summed E-state index contributed by atoms with van der Waals surface area (Å²) in [6.45, 7) is 6.06. The van der Waals surface area contributed by atoms with E-state index in [1.54, 1.807) is 18.3 Å². The molecule has 15 heavy (non-hydrogen) atoms. The largest absolute Gasteiger partial charge is 0.271 e. The molecule has 0 aliphatic rings. The maximum absolute atomic E-state index is 11.5. The molecule has 0 spiro atoms. The molecule has 1 amide bonds. The first kappa shape index (κ1) is 11.4. The topological polar surface area (TPSA) is 41.5 Å². The lowest BCUT2D eigenvalue weighted by atomic mass is 9.99. The molecule has 0 heterocycles. The summed E-state index contributed by atoms with van der Waals surface area (Å²) in [4.78, 5) is 11.5. The average molecular weight is 204 g/mol. The quantitative estimate of drug-likeness (QED) is 0.583. The molecule has 3 nitrogen and oxygen atoms in total. The van der Waals surface area contributed by atoms with Crippen LogP contribution in [0, 0.1) is 5.41 Å². The fourth-order valence-electron chi connectivity index (χ4n) is 0.939. The molecule has 1 aromatic rings. The van der Waals surface area contributed by atoms with E-state index < -0.39 is 0 Å². The van der Waals surface area contributed by atoms with Crippen LogP contribution >= 0.6 is 0 Å². The minimum Gasteiger partial charge on any atom is -0.267 e. The first-order valence-corrected chi connectivity index (χ1v) is 4.89. The number of carbonyl (C=O) groups is 1. The number of amides is 1. The summed E-state index contributed by atoms with van der Waals surface area (Å²) < 4.78 is 0. The van der Waals surface area contributed by atoms with Crippen LogP contribution in [0.2, 0.25) is 0 Å². The third kappa shape index (κ3) is 4.40. The number of benzene rings is 1. The molecule has 0 aliphatic carbocycles. The predicted octanol–water partition coefficient (Wildman–Crippen LogP) is 2.45. The molecule has 0 saturated carbocycles. The Kier molecular flexibility index (Phi) is 3.61. The highest BCUT2D eigenvalue weighted by atomic mass is 16.2. The van der Waals surface area contributed by atoms with Gasteiger partial charge in [-0.05, 0) is 17.5 Å². The van der Waals surface area contributed by atoms with Crippen molar-refractivity contribution in [3.8, 4) is 0 Å². The number of hydrogen-bond acceptors (Lipinski definition) is 2. The van der Waals surface area contributed by atoms with Crippen molar-refractivity contribution >= 4 is 12.1 Å². The second-order valence-electron chi connectivity index (χ2n) is 4.43. The zero-order valence-corrected chi connectivity index (χ0v) is 9.32. The maximum atomic E-state index is 11.5. The number of hydrazone groups is 1. The Labute approximate surface area is 90.2 Å². The molecule has 0 aliphatic heterocycles. The third-order valence-electron chi connectivity index (χ3n) is 1.65. The summed E-state index contributed by atoms with van der Waals surface area (Å²) in [6.07, 6.45) is 1.72. The van der Waals surface area contributed by atoms with Crippen LogP contribution in [0.3, 0.4) is 0 Å². The molecule has 0 unspecified atom stereocenters. The van der Waals surface area contributed by atoms with Gasteiger partial charge >= 0.3 is 0 Å². The Morgan fingerprint density at radius 3 is 2.40 bits per heavy atom. The smallest absolute Gasteiger partial charge is 0.267 e. The van der Waals surface area contributed by atoms with Gasteiger partial charge in [0.15, 0.2) is 0 Å². The molecule has 0 atom stereocenters. The van der Waals surface area contributed by atoms with Gasteiger partial charge in [-0.2, -0.15) is 5.10 Å². The van der Waals surface area contributed by atoms with Crippen LogP contribution in [-0.4, -0.2) is 12.1 Å². The number of nitrogens with zero attached hydrogens (tertiary/aromatic N) is 1. The van der Waals surface area contributed by atoms with E-state index in [4.69, 9.17) is 0 Å². The molecule has 0 aromatic heterocycles. The van der Waals surface area contributed by atoms with Crippen LogP contribution in [0.15, 0.2) is 35.4 Å². The molecule has 0 radical (unpaired) electrons. The average Bonchev–Trinajstić information content (AvgIpc) is 2.17. The first-order valence-electron chi connectivity index (χ1n) is 4.89. The van der Waals surface area contributed by atoms with E-state index in [2.05, 4.69) is 10.5 Å². The molecular weight excluding hydrogens is 188 g/mol. The molecule has 1 N–H and O–H groups in total. The van der Waals surface area contributed by atoms with Crippen molar-refractivity contribution in [1.82, 2.24) is 5.43 Å². The lowest BCUT2D eigenvalue weighted by molar-refractivity contribution is 0.0955. The highest BCUT2D eigenvalue weighted by Crippen LogP contribution is 2.07. The van der Waals surface area contributed by atoms with Crippen molar-refractivity contribution < 1.29 is 4.79 Å². The maximum Gasteiger partial charge on any atom is 0.271 e. The highest BCUT2D eigenvalue weighted by molar-refractivity contribution is 5.94. The normalized spacial score (nSPS) is 11.7. The zero-order valence-electron chi connectivity index (χ0n) is 9.32. The van der Waals surface area contributed by atoms with Gasteiger partial charge in [0.2, 0.25) is 0 Å². The zero-order chi connectivity index (χ0) is 11.3. The molecule has 0 fully saturated rings. The van der Waals surface area contributed by atoms with Crippen LogP contribution in [0.4, 0.5) is 0 Å². The molecule has 1 rings (SSSR count). The van der Waals surface area contributed by atoms with Gasteiger partial charge in [-0.3, -0.25) is 4.79 Å². The second-order valence-corrected chi connectivity index (χ2v) is 4.43. The van der Waals surface area contributed by atoms with Gasteiger partial charge in [0.1, 0.15) is 0 Å². The van der Waals surface area contributed by atoms with Gasteiger partial charge < -0.3 is 0 Å². The Morgan fingerprint density at radius 1 is 1.27 bits per heavy atom. The third-order valence-corrected chi connectivity index (χ3v) is 1.65. The van der Waals surface area contributed by atoms with Gasteiger partial charge in [-0.1, -0.05) is 39.0 Å². The fourth-order valence-corrected chi connectivity index (χ4v) is 0.939. The molecule has 0 saturated heterocycles. The predicted molar refractivity (Wildman–Crippen MR) is 61.9 cm³/mol. The summed E-state index contributed by atoms with van der Waals surface area (Å²) in [5, 5.41) is 3.89. The van der Waals surface area contributed by atoms with Crippen molar-refractivity contribution in [3.05, 3.63) is 35.9 Å². The van der Waals surface area contributed by atoms with E-state index in [-0.39, 0.29) is 11.3 Å². The summed E-state index contributed by atoms with van der Waals surface area (Å²) in [6, 6.07) is 9.02. The van der Waals surface area contributed by atoms with Crippen LogP contribution in [0.5, 0.6) is 0 Å². The van der Waals surface area contributed by atoms with E-state index in [0.29, 0.717) is 5.56 Å². The Balaban J connectivity index is 2.55. The van der Waals surface area contributed by atoms with Crippen molar-refractivity contribution in [2.75, 3.05) is 0 Å². The fraction of sp³-hybridized carbons (Fsp3) is 0.333. The van der Waals surface area contributed by atoms with Crippen LogP contribution in [0.1, 0.15) is 31.1 Å². The van der Waals surface area contributed by atoms with Crippen molar-refractivity contribution in [2.24, 2.45) is 10.5 Å². The molecular formula is C12H16N2O. The SMILES string of the molecule is CC(C)(C)/C=N/NC(=O)c1ccccc1. The standard InChI is InChI=1S/C12H16N2O/c1-12(2,3)9-13-14-11(15)10-7-5-4-6-8-10/h4-9H,1-3H3,(H,14,15)/b13-9+. The lowest BCUT2D eigenvalue weighted by Gasteiger charge is -2.09. The van der Waals surface area contributed by atoms with Crippen molar-refractivity contribution in [2.45, 2.75) is 20.8 Å². The van der Waals surface area contributed by atoms with E-state index in [1.807, 2.05) is 39.0 Å². The Bertz CT molecular complexity index is 350. The Morgan fingerprint density at radius 2 is 1.87 bits per heavy atom. The molecule has 80 valence electrons. The summed E-state index contributed by atoms with van der Waals surface area (Å²) in [7, 11) is 0. The summed E-state index contributed by atoms with van der Waals surface area (Å²) >= 11 is 0. The van der Waals surface area contributed by atoms with Crippen LogP contribution in [0.25, 0.3) is 0 Å². The van der Waals surface area contributed by atoms with Gasteiger partial charge in [-0.15, -0.1) is 0 Å². The lowest BCUT2D eigenvalue weighted by Crippen LogP contribution is -2.19. The summed E-state index contributed by atoms with van der Waals surface area (Å²) in [5.41, 5.74) is 3.08. The Hall–Kier alpha value is -1.64. The molecule has 0 bridgehead atoms. The monoisotopic (exact) mass is 204 g/mol. The van der Waals surface area contributed by atoms with E-state index >= 15 is 0 Å². The van der Waals surface area contributed by atoms with Gasteiger partial charge in [-0.25, -0.2) is 5.43 Å². The minimum atomic E-state index is -0.184. The second kappa shape index (κ2) is 4.73. The number of nitrogens with one attached hydrogen (secondary N) is 1. The minimum absolute atomic E-state index is 0.0238. The van der Waals surface area contributed by atoms with E-state index in [1.165, 1.54) is 0 Å². The number of hydrogen-bond donors (Lipinski definition) is 1. The highest BCUT2D eigenvalue weighted by Gasteiger charge is 2.06. The first-order chi connectivity index (χ1) is 6.99. The van der Waals surface area contributed by atoms with Crippen molar-refractivity contribution in [3.63, 3.8) is 0 Å². The van der Waals surface area contributed by atoms with Gasteiger partial charge in [0, 0.05) is 11.8 Å². The molecule has 1 aromatic carbocycles. The van der Waals surface area contributed by atoms with Crippen LogP contribution < -0.4 is 5.43 Å². The number of rotatable bonds is 2. The van der Waals surface area contributed by atoms with Gasteiger partial charge in [0.25, 0.3) is 5.91 Å². The summed E-state index contributed by atoms with van der Waals surface area (Å²) in [5.74, 6) is -0.184. The van der Waals surface area contributed by atoms with Crippen molar-refractivity contribution in [1.29, 1.82) is 0 Å².